The van der Waals surface area contributed by atoms with E-state index in [0.717, 1.165) is 0 Å². The molecule has 0 aliphatic carbocycles. The van der Waals surface area contributed by atoms with Crippen molar-refractivity contribution < 1.29 is 9.90 Å². The molecular formula is C12H8Cl3NO2S. The quantitative estimate of drug-likeness (QED) is 0.818. The summed E-state index contributed by atoms with van der Waals surface area (Å²) in [5.74, 6) is -0.928. The van der Waals surface area contributed by atoms with E-state index in [4.69, 9.17) is 39.9 Å². The first-order chi connectivity index (χ1) is 8.99. The van der Waals surface area contributed by atoms with Crippen molar-refractivity contribution in [2.24, 2.45) is 0 Å². The predicted octanol–water partition coefficient (Wildman–Crippen LogP) is 5.08. The zero-order chi connectivity index (χ0) is 14.0. The van der Waals surface area contributed by atoms with Gasteiger partial charge in [0, 0.05) is 0 Å². The summed E-state index contributed by atoms with van der Waals surface area (Å²) in [6.07, 6.45) is -0.117. The SMILES string of the molecule is O=C(O)Cc1csc(Cl)c1Nc1c(Cl)cccc1Cl. The molecule has 1 heterocycles. The van der Waals surface area contributed by atoms with Gasteiger partial charge in [0.05, 0.1) is 27.8 Å². The van der Waals surface area contributed by atoms with Gasteiger partial charge >= 0.3 is 5.97 Å². The van der Waals surface area contributed by atoms with E-state index in [2.05, 4.69) is 5.32 Å². The highest BCUT2D eigenvalue weighted by atomic mass is 35.5. The van der Waals surface area contributed by atoms with Crippen LogP contribution in [0, 0.1) is 0 Å². The van der Waals surface area contributed by atoms with Gasteiger partial charge in [-0.2, -0.15) is 0 Å². The monoisotopic (exact) mass is 335 g/mol. The smallest absolute Gasteiger partial charge is 0.307 e. The maximum atomic E-state index is 10.8. The summed E-state index contributed by atoms with van der Waals surface area (Å²) >= 11 is 19.4. The van der Waals surface area contributed by atoms with Crippen LogP contribution in [0.3, 0.4) is 0 Å². The molecule has 3 nitrogen and oxygen atoms in total. The number of para-hydroxylation sites is 1. The molecule has 0 radical (unpaired) electrons. The van der Waals surface area contributed by atoms with Gasteiger partial charge in [-0.25, -0.2) is 0 Å². The molecule has 1 aromatic heterocycles. The van der Waals surface area contributed by atoms with Crippen molar-refractivity contribution in [3.8, 4) is 0 Å². The predicted molar refractivity (Wildman–Crippen MR) is 80.4 cm³/mol. The average molecular weight is 337 g/mol. The van der Waals surface area contributed by atoms with Crippen LogP contribution in [0.5, 0.6) is 0 Å². The lowest BCUT2D eigenvalue weighted by Gasteiger charge is -2.11. The van der Waals surface area contributed by atoms with Crippen molar-refractivity contribution in [3.05, 3.63) is 43.5 Å². The molecule has 0 aliphatic heterocycles. The van der Waals surface area contributed by atoms with E-state index < -0.39 is 5.97 Å². The first-order valence-electron chi connectivity index (χ1n) is 5.17. The third-order valence-electron chi connectivity index (χ3n) is 2.38. The number of halogens is 3. The molecule has 0 aliphatic rings. The second kappa shape index (κ2) is 6.01. The summed E-state index contributed by atoms with van der Waals surface area (Å²) < 4.78 is 0.465. The summed E-state index contributed by atoms with van der Waals surface area (Å²) in [6.45, 7) is 0. The molecule has 2 aromatic rings. The van der Waals surface area contributed by atoms with Crippen LogP contribution in [0.1, 0.15) is 5.56 Å². The van der Waals surface area contributed by atoms with E-state index in [0.29, 0.717) is 31.3 Å². The molecule has 0 atom stereocenters. The van der Waals surface area contributed by atoms with Gasteiger partial charge in [0.2, 0.25) is 0 Å². The van der Waals surface area contributed by atoms with Crippen LogP contribution in [-0.4, -0.2) is 11.1 Å². The largest absolute Gasteiger partial charge is 0.481 e. The molecule has 0 fully saturated rings. The topological polar surface area (TPSA) is 49.3 Å². The van der Waals surface area contributed by atoms with Crippen LogP contribution in [0.25, 0.3) is 0 Å². The van der Waals surface area contributed by atoms with Crippen molar-refractivity contribution in [2.45, 2.75) is 6.42 Å². The van der Waals surface area contributed by atoms with Gasteiger partial charge in [-0.1, -0.05) is 40.9 Å². The van der Waals surface area contributed by atoms with E-state index >= 15 is 0 Å². The third kappa shape index (κ3) is 3.34. The Labute approximate surface area is 128 Å². The molecule has 0 saturated heterocycles. The third-order valence-corrected chi connectivity index (χ3v) is 4.28. The number of carboxylic acid groups (broad SMARTS) is 1. The van der Waals surface area contributed by atoms with Crippen LogP contribution in [0.4, 0.5) is 11.4 Å². The standard InChI is InChI=1S/C12H8Cl3NO2S/c13-7-2-1-3-8(14)11(7)16-10-6(4-9(17)18)5-19-12(10)15/h1-3,5,16H,4H2,(H,17,18). The summed E-state index contributed by atoms with van der Waals surface area (Å²) in [4.78, 5) is 10.8. The lowest BCUT2D eigenvalue weighted by Crippen LogP contribution is -2.02. The summed E-state index contributed by atoms with van der Waals surface area (Å²) in [7, 11) is 0. The van der Waals surface area contributed by atoms with Gasteiger partial charge in [0.25, 0.3) is 0 Å². The molecule has 2 N–H and O–H groups in total. The molecule has 0 saturated carbocycles. The Morgan fingerprint density at radius 2 is 1.84 bits per heavy atom. The number of aliphatic carboxylic acids is 1. The molecule has 2 rings (SSSR count). The number of anilines is 2. The number of rotatable bonds is 4. The second-order valence-corrected chi connectivity index (χ2v) is 6.00. The minimum atomic E-state index is -0.928. The van der Waals surface area contributed by atoms with E-state index in [1.807, 2.05) is 0 Å². The lowest BCUT2D eigenvalue weighted by atomic mass is 10.2. The fourth-order valence-corrected chi connectivity index (χ4v) is 3.07. The number of carboxylic acids is 1. The van der Waals surface area contributed by atoms with Gasteiger partial charge in [-0.05, 0) is 23.1 Å². The fourth-order valence-electron chi connectivity index (χ4n) is 1.53. The molecule has 0 amide bonds. The van der Waals surface area contributed by atoms with E-state index in [1.165, 1.54) is 11.3 Å². The minimum absolute atomic E-state index is 0.117. The number of carbonyl (C=O) groups is 1. The van der Waals surface area contributed by atoms with Crippen molar-refractivity contribution in [3.63, 3.8) is 0 Å². The normalized spacial score (nSPS) is 10.5. The number of thiophene rings is 1. The lowest BCUT2D eigenvalue weighted by molar-refractivity contribution is -0.136. The summed E-state index contributed by atoms with van der Waals surface area (Å²) in [6, 6.07) is 5.10. The molecule has 0 spiro atoms. The Bertz CT molecular complexity index is 607. The van der Waals surface area contributed by atoms with E-state index in [9.17, 15) is 4.79 Å². The van der Waals surface area contributed by atoms with Crippen LogP contribution in [0.2, 0.25) is 14.4 Å². The highest BCUT2D eigenvalue weighted by Gasteiger charge is 2.15. The highest BCUT2D eigenvalue weighted by Crippen LogP contribution is 2.39. The Kier molecular flexibility index (Phi) is 4.58. The van der Waals surface area contributed by atoms with Crippen molar-refractivity contribution in [2.75, 3.05) is 5.32 Å². The number of nitrogens with one attached hydrogen (secondary N) is 1. The van der Waals surface area contributed by atoms with Crippen molar-refractivity contribution in [1.82, 2.24) is 0 Å². The molecule has 0 bridgehead atoms. The molecular weight excluding hydrogens is 329 g/mol. The van der Waals surface area contributed by atoms with Crippen molar-refractivity contribution in [1.29, 1.82) is 0 Å². The Hall–Kier alpha value is -0.940. The zero-order valence-corrected chi connectivity index (χ0v) is 12.5. The highest BCUT2D eigenvalue weighted by molar-refractivity contribution is 7.15. The Morgan fingerprint density at radius 1 is 1.21 bits per heavy atom. The maximum Gasteiger partial charge on any atom is 0.307 e. The van der Waals surface area contributed by atoms with Crippen LogP contribution in [0.15, 0.2) is 23.6 Å². The van der Waals surface area contributed by atoms with Gasteiger partial charge in [-0.3, -0.25) is 4.79 Å². The minimum Gasteiger partial charge on any atom is -0.481 e. The van der Waals surface area contributed by atoms with Gasteiger partial charge in [0.15, 0.2) is 0 Å². The molecule has 0 unspecified atom stereocenters. The number of benzene rings is 1. The van der Waals surface area contributed by atoms with E-state index in [1.54, 1.807) is 23.6 Å². The van der Waals surface area contributed by atoms with Crippen LogP contribution in [-0.2, 0) is 11.2 Å². The molecule has 7 heteroatoms. The van der Waals surface area contributed by atoms with Gasteiger partial charge in [0.1, 0.15) is 4.34 Å². The first kappa shape index (κ1) is 14.5. The fraction of sp³-hybridized carbons (Fsp3) is 0.0833. The maximum absolute atomic E-state index is 10.8. The molecule has 1 aromatic carbocycles. The van der Waals surface area contributed by atoms with E-state index in [-0.39, 0.29) is 6.42 Å². The first-order valence-corrected chi connectivity index (χ1v) is 7.19. The zero-order valence-electron chi connectivity index (χ0n) is 9.41. The van der Waals surface area contributed by atoms with Crippen LogP contribution < -0.4 is 5.32 Å². The Morgan fingerprint density at radius 3 is 2.42 bits per heavy atom. The van der Waals surface area contributed by atoms with Gasteiger partial charge < -0.3 is 10.4 Å². The average Bonchev–Trinajstić information content (AvgIpc) is 2.65. The van der Waals surface area contributed by atoms with Gasteiger partial charge in [-0.15, -0.1) is 11.3 Å². The van der Waals surface area contributed by atoms with Crippen molar-refractivity contribution >= 4 is 63.5 Å². The molecule has 19 heavy (non-hydrogen) atoms. The number of hydrogen-bond acceptors (Lipinski definition) is 3. The second-order valence-electron chi connectivity index (χ2n) is 3.70. The Balaban J connectivity index is 2.38. The van der Waals surface area contributed by atoms with Crippen LogP contribution >= 0.6 is 46.1 Å². The molecule has 100 valence electrons. The summed E-state index contributed by atoms with van der Waals surface area (Å²) in [5.41, 5.74) is 1.64. The number of hydrogen-bond donors (Lipinski definition) is 2. The summed E-state index contributed by atoms with van der Waals surface area (Å²) in [5, 5.41) is 14.5.